The van der Waals surface area contributed by atoms with E-state index in [9.17, 15) is 9.59 Å². The van der Waals surface area contributed by atoms with Gasteiger partial charge in [-0.15, -0.1) is 0 Å². The zero-order valence-corrected chi connectivity index (χ0v) is 10.3. The molecule has 0 aliphatic carbocycles. The average molecular weight is 233 g/mol. The first-order valence-electron chi connectivity index (χ1n) is 4.96. The number of aliphatic carboxylic acids is 1. The number of nitrogens with one attached hydrogen (secondary N) is 1. The number of hydrogen-bond donors (Lipinski definition) is 2. The molecule has 0 spiro atoms. The predicted octanol–water partition coefficient (Wildman–Crippen LogP) is 1.01. The van der Waals surface area contributed by atoms with Crippen molar-refractivity contribution in [2.75, 3.05) is 18.6 Å². The Morgan fingerprint density at radius 1 is 1.40 bits per heavy atom. The van der Waals surface area contributed by atoms with E-state index >= 15 is 0 Å². The number of Topliss-reactive ketones (excluding diaryl/α,β-unsaturated/α-hetero) is 1. The number of carbonyl (C=O) groups excluding carboxylic acids is 1. The molecule has 0 aliphatic heterocycles. The van der Waals surface area contributed by atoms with Crippen LogP contribution in [0.25, 0.3) is 0 Å². The van der Waals surface area contributed by atoms with Crippen LogP contribution in [0.4, 0.5) is 0 Å². The third kappa shape index (κ3) is 6.52. The number of carboxylic acids is 1. The summed E-state index contributed by atoms with van der Waals surface area (Å²) in [5, 5.41) is 11.6. The maximum Gasteiger partial charge on any atom is 0.320 e. The molecular formula is C10H19NO3S. The molecule has 0 saturated heterocycles. The highest BCUT2D eigenvalue weighted by molar-refractivity contribution is 7.98. The van der Waals surface area contributed by atoms with E-state index < -0.39 is 12.0 Å². The number of carbonyl (C=O) groups is 2. The monoisotopic (exact) mass is 233 g/mol. The second-order valence-corrected chi connectivity index (χ2v) is 4.66. The van der Waals surface area contributed by atoms with Gasteiger partial charge in [-0.3, -0.25) is 14.9 Å². The van der Waals surface area contributed by atoms with Crippen molar-refractivity contribution in [3.8, 4) is 0 Å². The topological polar surface area (TPSA) is 66.4 Å². The minimum absolute atomic E-state index is 0.0467. The Morgan fingerprint density at radius 2 is 2.00 bits per heavy atom. The smallest absolute Gasteiger partial charge is 0.320 e. The van der Waals surface area contributed by atoms with Crippen molar-refractivity contribution in [1.82, 2.24) is 5.32 Å². The first-order valence-corrected chi connectivity index (χ1v) is 6.36. The highest BCUT2D eigenvalue weighted by Crippen LogP contribution is 2.01. The zero-order chi connectivity index (χ0) is 11.8. The standard InChI is InChI=1S/C10H19NO3S/c1-7(2)9(12)6-11-8(10(13)14)4-5-15-3/h7-8,11H,4-6H2,1-3H3,(H,13,14)/t8-/m0/s1. The number of carboxylic acid groups (broad SMARTS) is 1. The Kier molecular flexibility index (Phi) is 7.42. The van der Waals surface area contributed by atoms with Crippen molar-refractivity contribution >= 4 is 23.5 Å². The lowest BCUT2D eigenvalue weighted by Gasteiger charge is -2.14. The lowest BCUT2D eigenvalue weighted by atomic mass is 10.1. The first kappa shape index (κ1) is 14.5. The molecule has 0 saturated carbocycles. The normalized spacial score (nSPS) is 12.8. The third-order valence-electron chi connectivity index (χ3n) is 2.08. The second-order valence-electron chi connectivity index (χ2n) is 3.67. The van der Waals surface area contributed by atoms with Gasteiger partial charge in [-0.1, -0.05) is 13.8 Å². The van der Waals surface area contributed by atoms with Gasteiger partial charge in [0, 0.05) is 5.92 Å². The van der Waals surface area contributed by atoms with Crippen molar-refractivity contribution in [2.24, 2.45) is 5.92 Å². The molecule has 0 rings (SSSR count). The number of ketones is 1. The Hall–Kier alpha value is -0.550. The molecule has 0 bridgehead atoms. The molecule has 0 aliphatic rings. The SMILES string of the molecule is CSCC[C@H](NCC(=O)C(C)C)C(=O)O. The summed E-state index contributed by atoms with van der Waals surface area (Å²) in [6, 6.07) is -0.611. The second kappa shape index (κ2) is 7.70. The molecule has 4 nitrogen and oxygen atoms in total. The maximum absolute atomic E-state index is 11.3. The van der Waals surface area contributed by atoms with Crippen molar-refractivity contribution in [2.45, 2.75) is 26.3 Å². The number of rotatable bonds is 8. The van der Waals surface area contributed by atoms with Crippen LogP contribution in [-0.4, -0.2) is 41.5 Å². The number of hydrogen-bond acceptors (Lipinski definition) is 4. The molecule has 0 radical (unpaired) electrons. The van der Waals surface area contributed by atoms with Gasteiger partial charge in [0.15, 0.2) is 0 Å². The minimum Gasteiger partial charge on any atom is -0.480 e. The van der Waals surface area contributed by atoms with Gasteiger partial charge in [-0.2, -0.15) is 11.8 Å². The van der Waals surface area contributed by atoms with Gasteiger partial charge in [0.2, 0.25) is 0 Å². The molecule has 88 valence electrons. The van der Waals surface area contributed by atoms with Gasteiger partial charge in [-0.05, 0) is 18.4 Å². The van der Waals surface area contributed by atoms with E-state index in [4.69, 9.17) is 5.11 Å². The molecule has 0 aromatic heterocycles. The van der Waals surface area contributed by atoms with Crippen LogP contribution >= 0.6 is 11.8 Å². The van der Waals surface area contributed by atoms with Crippen LogP contribution in [-0.2, 0) is 9.59 Å². The van der Waals surface area contributed by atoms with Crippen LogP contribution in [0.3, 0.4) is 0 Å². The maximum atomic E-state index is 11.3. The average Bonchev–Trinajstić information content (AvgIpc) is 2.16. The van der Waals surface area contributed by atoms with Gasteiger partial charge < -0.3 is 5.11 Å². The predicted molar refractivity (Wildman–Crippen MR) is 62.3 cm³/mol. The van der Waals surface area contributed by atoms with Crippen LogP contribution in [0.2, 0.25) is 0 Å². The largest absolute Gasteiger partial charge is 0.480 e. The van der Waals surface area contributed by atoms with Crippen LogP contribution in [0.5, 0.6) is 0 Å². The summed E-state index contributed by atoms with van der Waals surface area (Å²) in [6.07, 6.45) is 2.47. The van der Waals surface area contributed by atoms with Crippen molar-refractivity contribution in [1.29, 1.82) is 0 Å². The summed E-state index contributed by atoms with van der Waals surface area (Å²) in [4.78, 5) is 22.1. The molecule has 15 heavy (non-hydrogen) atoms. The fourth-order valence-electron chi connectivity index (χ4n) is 0.976. The molecule has 0 unspecified atom stereocenters. The molecule has 0 aromatic rings. The van der Waals surface area contributed by atoms with Crippen molar-refractivity contribution in [3.05, 3.63) is 0 Å². The van der Waals surface area contributed by atoms with Gasteiger partial charge in [0.1, 0.15) is 11.8 Å². The minimum atomic E-state index is -0.888. The van der Waals surface area contributed by atoms with E-state index in [1.165, 1.54) is 0 Å². The molecule has 0 amide bonds. The van der Waals surface area contributed by atoms with Crippen LogP contribution in [0.15, 0.2) is 0 Å². The lowest BCUT2D eigenvalue weighted by molar-refractivity contribution is -0.139. The lowest BCUT2D eigenvalue weighted by Crippen LogP contribution is -2.41. The van der Waals surface area contributed by atoms with E-state index in [1.54, 1.807) is 11.8 Å². The van der Waals surface area contributed by atoms with E-state index in [2.05, 4.69) is 5.32 Å². The third-order valence-corrected chi connectivity index (χ3v) is 2.72. The Labute approximate surface area is 94.8 Å². The van der Waals surface area contributed by atoms with Gasteiger partial charge >= 0.3 is 5.97 Å². The van der Waals surface area contributed by atoms with E-state index in [0.717, 1.165) is 5.75 Å². The quantitative estimate of drug-likeness (QED) is 0.655. The highest BCUT2D eigenvalue weighted by atomic mass is 32.2. The Balaban J connectivity index is 3.96. The van der Waals surface area contributed by atoms with Crippen molar-refractivity contribution in [3.63, 3.8) is 0 Å². The molecule has 0 heterocycles. The summed E-state index contributed by atoms with van der Waals surface area (Å²) in [5.74, 6) is -0.113. The van der Waals surface area contributed by atoms with E-state index in [0.29, 0.717) is 6.42 Å². The van der Waals surface area contributed by atoms with E-state index in [1.807, 2.05) is 20.1 Å². The highest BCUT2D eigenvalue weighted by Gasteiger charge is 2.18. The van der Waals surface area contributed by atoms with E-state index in [-0.39, 0.29) is 18.2 Å². The summed E-state index contributed by atoms with van der Waals surface area (Å²) in [5.41, 5.74) is 0. The molecular weight excluding hydrogens is 214 g/mol. The fraction of sp³-hybridized carbons (Fsp3) is 0.800. The van der Waals surface area contributed by atoms with Gasteiger partial charge in [0.25, 0.3) is 0 Å². The molecule has 1 atom stereocenters. The number of thioether (sulfide) groups is 1. The molecule has 0 fully saturated rings. The Bertz CT molecular complexity index is 219. The van der Waals surface area contributed by atoms with Gasteiger partial charge in [-0.25, -0.2) is 0 Å². The van der Waals surface area contributed by atoms with Crippen LogP contribution in [0.1, 0.15) is 20.3 Å². The van der Waals surface area contributed by atoms with Gasteiger partial charge in [0.05, 0.1) is 6.54 Å². The van der Waals surface area contributed by atoms with Crippen molar-refractivity contribution < 1.29 is 14.7 Å². The fourth-order valence-corrected chi connectivity index (χ4v) is 1.45. The molecule has 0 aromatic carbocycles. The summed E-state index contributed by atoms with van der Waals surface area (Å²) < 4.78 is 0. The van der Waals surface area contributed by atoms with Crippen LogP contribution in [0, 0.1) is 5.92 Å². The summed E-state index contributed by atoms with van der Waals surface area (Å²) in [7, 11) is 0. The summed E-state index contributed by atoms with van der Waals surface area (Å²) in [6.45, 7) is 3.76. The molecule has 2 N–H and O–H groups in total. The molecule has 5 heteroatoms. The first-order chi connectivity index (χ1) is 6.99. The zero-order valence-electron chi connectivity index (χ0n) is 9.45. The van der Waals surface area contributed by atoms with Crippen LogP contribution < -0.4 is 5.32 Å². The summed E-state index contributed by atoms with van der Waals surface area (Å²) >= 11 is 1.60. The Morgan fingerprint density at radius 3 is 2.40 bits per heavy atom.